The highest BCUT2D eigenvalue weighted by Crippen LogP contribution is 2.38. The first-order chi connectivity index (χ1) is 7.81. The third kappa shape index (κ3) is 2.97. The lowest BCUT2D eigenvalue weighted by Crippen LogP contribution is -2.54. The molecule has 2 unspecified atom stereocenters. The van der Waals surface area contributed by atoms with Crippen molar-refractivity contribution < 1.29 is 14.3 Å². The van der Waals surface area contributed by atoms with E-state index in [2.05, 4.69) is 5.32 Å². The summed E-state index contributed by atoms with van der Waals surface area (Å²) in [5.74, 6) is -0.300. The summed E-state index contributed by atoms with van der Waals surface area (Å²) in [5, 5.41) is 2.86. The van der Waals surface area contributed by atoms with Gasteiger partial charge >= 0.3 is 0 Å². The van der Waals surface area contributed by atoms with Gasteiger partial charge in [-0.1, -0.05) is 0 Å². The number of carbonyl (C=O) groups is 1. The van der Waals surface area contributed by atoms with Gasteiger partial charge in [0.2, 0.25) is 5.91 Å². The van der Waals surface area contributed by atoms with Gasteiger partial charge in [-0.05, 0) is 39.5 Å². The fraction of sp³-hybridized carbons (Fsp3) is 0.917. The van der Waals surface area contributed by atoms with Crippen LogP contribution >= 0.6 is 0 Å². The molecule has 0 aromatic heterocycles. The summed E-state index contributed by atoms with van der Waals surface area (Å²) in [5.41, 5.74) is 5.28. The lowest BCUT2D eigenvalue weighted by molar-refractivity contribution is -0.140. The van der Waals surface area contributed by atoms with Crippen molar-refractivity contribution in [3.8, 4) is 0 Å². The summed E-state index contributed by atoms with van der Waals surface area (Å²) >= 11 is 0. The predicted octanol–water partition coefficient (Wildman–Crippen LogP) is 0.382. The van der Waals surface area contributed by atoms with Crippen LogP contribution in [0.25, 0.3) is 0 Å². The predicted molar refractivity (Wildman–Crippen MR) is 63.2 cm³/mol. The zero-order valence-electron chi connectivity index (χ0n) is 10.8. The van der Waals surface area contributed by atoms with Crippen LogP contribution in [0.1, 0.15) is 33.6 Å². The minimum Gasteiger partial charge on any atom is -0.352 e. The number of amides is 1. The van der Waals surface area contributed by atoms with Crippen LogP contribution in [0.3, 0.4) is 0 Å². The molecular weight excluding hydrogens is 220 g/mol. The zero-order valence-corrected chi connectivity index (χ0v) is 10.8. The SMILES string of the molecule is CC1(C)OCC(CNC(=O)C(C)(N)C2CC2)O1. The van der Waals surface area contributed by atoms with Crippen LogP contribution < -0.4 is 11.1 Å². The molecule has 1 aliphatic carbocycles. The molecule has 0 radical (unpaired) electrons. The van der Waals surface area contributed by atoms with Gasteiger partial charge < -0.3 is 20.5 Å². The first-order valence-electron chi connectivity index (χ1n) is 6.20. The van der Waals surface area contributed by atoms with Gasteiger partial charge in [0, 0.05) is 6.54 Å². The van der Waals surface area contributed by atoms with Crippen LogP contribution in [0.4, 0.5) is 0 Å². The number of ether oxygens (including phenoxy) is 2. The molecule has 3 N–H and O–H groups in total. The number of nitrogens with one attached hydrogen (secondary N) is 1. The summed E-state index contributed by atoms with van der Waals surface area (Å²) in [4.78, 5) is 11.9. The van der Waals surface area contributed by atoms with Gasteiger partial charge in [-0.15, -0.1) is 0 Å². The van der Waals surface area contributed by atoms with Gasteiger partial charge in [0.1, 0.15) is 6.10 Å². The maximum atomic E-state index is 11.9. The second kappa shape index (κ2) is 4.23. The molecule has 2 fully saturated rings. The van der Waals surface area contributed by atoms with Crippen molar-refractivity contribution in [3.63, 3.8) is 0 Å². The van der Waals surface area contributed by atoms with Crippen LogP contribution in [0.2, 0.25) is 0 Å². The van der Waals surface area contributed by atoms with Gasteiger partial charge in [0.25, 0.3) is 0 Å². The Morgan fingerprint density at radius 1 is 1.53 bits per heavy atom. The number of nitrogens with two attached hydrogens (primary N) is 1. The Kier molecular flexibility index (Phi) is 3.18. The smallest absolute Gasteiger partial charge is 0.240 e. The standard InChI is InChI=1S/C12H22N2O3/c1-11(2)16-7-9(17-11)6-14-10(15)12(3,13)8-4-5-8/h8-9H,4-7,13H2,1-3H3,(H,14,15). The molecular formula is C12H22N2O3. The number of hydrogen-bond donors (Lipinski definition) is 2. The minimum atomic E-state index is -0.741. The maximum Gasteiger partial charge on any atom is 0.240 e. The van der Waals surface area contributed by atoms with Crippen LogP contribution in [0.5, 0.6) is 0 Å². The lowest BCUT2D eigenvalue weighted by Gasteiger charge is -2.24. The monoisotopic (exact) mass is 242 g/mol. The first kappa shape index (κ1) is 12.8. The summed E-state index contributed by atoms with van der Waals surface area (Å²) in [6.07, 6.45) is 2.02. The third-order valence-corrected chi connectivity index (χ3v) is 3.47. The Morgan fingerprint density at radius 3 is 2.65 bits per heavy atom. The van der Waals surface area contributed by atoms with E-state index < -0.39 is 11.3 Å². The first-order valence-corrected chi connectivity index (χ1v) is 6.20. The average molecular weight is 242 g/mol. The summed E-state index contributed by atoms with van der Waals surface area (Å²) < 4.78 is 11.0. The molecule has 17 heavy (non-hydrogen) atoms. The number of hydrogen-bond acceptors (Lipinski definition) is 4. The molecule has 2 aliphatic rings. The molecule has 0 aromatic rings. The van der Waals surface area contributed by atoms with Crippen LogP contribution in [0.15, 0.2) is 0 Å². The van der Waals surface area contributed by atoms with E-state index in [4.69, 9.17) is 15.2 Å². The molecule has 1 aliphatic heterocycles. The Balaban J connectivity index is 1.77. The van der Waals surface area contributed by atoms with Gasteiger partial charge in [0.05, 0.1) is 12.1 Å². The van der Waals surface area contributed by atoms with Crippen molar-refractivity contribution in [3.05, 3.63) is 0 Å². The summed E-state index contributed by atoms with van der Waals surface area (Å²) in [6.45, 7) is 6.51. The van der Waals surface area contributed by atoms with Crippen molar-refractivity contribution in [2.75, 3.05) is 13.2 Å². The van der Waals surface area contributed by atoms with Crippen molar-refractivity contribution >= 4 is 5.91 Å². The normalized spacial score (nSPS) is 30.9. The fourth-order valence-electron chi connectivity index (χ4n) is 2.13. The summed E-state index contributed by atoms with van der Waals surface area (Å²) in [7, 11) is 0. The maximum absolute atomic E-state index is 11.9. The highest BCUT2D eigenvalue weighted by molar-refractivity contribution is 5.86. The van der Waals surface area contributed by atoms with Gasteiger partial charge in [-0.3, -0.25) is 4.79 Å². The number of carbonyl (C=O) groups excluding carboxylic acids is 1. The third-order valence-electron chi connectivity index (χ3n) is 3.47. The van der Waals surface area contributed by atoms with Crippen molar-refractivity contribution in [2.45, 2.75) is 51.0 Å². The van der Waals surface area contributed by atoms with Crippen molar-refractivity contribution in [1.29, 1.82) is 0 Å². The second-order valence-electron chi connectivity index (χ2n) is 5.72. The van der Waals surface area contributed by atoms with Gasteiger partial charge in [0.15, 0.2) is 5.79 Å². The van der Waals surface area contributed by atoms with Crippen LogP contribution in [-0.4, -0.2) is 36.5 Å². The molecule has 0 bridgehead atoms. The van der Waals surface area contributed by atoms with Gasteiger partial charge in [-0.2, -0.15) is 0 Å². The zero-order chi connectivity index (χ0) is 12.7. The molecule has 1 saturated heterocycles. The fourth-order valence-corrected chi connectivity index (χ4v) is 2.13. The average Bonchev–Trinajstić information content (AvgIpc) is 3.01. The summed E-state index contributed by atoms with van der Waals surface area (Å²) in [6, 6.07) is 0. The van der Waals surface area contributed by atoms with E-state index in [0.717, 1.165) is 12.8 Å². The Bertz CT molecular complexity index is 311. The van der Waals surface area contributed by atoms with Gasteiger partial charge in [-0.25, -0.2) is 0 Å². The van der Waals surface area contributed by atoms with Crippen molar-refractivity contribution in [1.82, 2.24) is 5.32 Å². The topological polar surface area (TPSA) is 73.6 Å². The highest BCUT2D eigenvalue weighted by atomic mass is 16.7. The molecule has 1 amide bonds. The Labute approximate surface area is 102 Å². The molecule has 0 aromatic carbocycles. The van der Waals surface area contributed by atoms with E-state index in [9.17, 15) is 4.79 Å². The van der Waals surface area contributed by atoms with E-state index in [1.807, 2.05) is 13.8 Å². The number of rotatable bonds is 4. The van der Waals surface area contributed by atoms with E-state index in [0.29, 0.717) is 19.1 Å². The lowest BCUT2D eigenvalue weighted by atomic mass is 9.96. The molecule has 5 nitrogen and oxygen atoms in total. The molecule has 0 spiro atoms. The largest absolute Gasteiger partial charge is 0.352 e. The quantitative estimate of drug-likeness (QED) is 0.747. The van der Waals surface area contributed by atoms with E-state index >= 15 is 0 Å². The molecule has 2 rings (SSSR count). The Morgan fingerprint density at radius 2 is 2.18 bits per heavy atom. The van der Waals surface area contributed by atoms with E-state index in [1.54, 1.807) is 6.92 Å². The van der Waals surface area contributed by atoms with Crippen molar-refractivity contribution in [2.24, 2.45) is 11.7 Å². The minimum absolute atomic E-state index is 0.0797. The highest BCUT2D eigenvalue weighted by Gasteiger charge is 2.44. The molecule has 1 heterocycles. The van der Waals surface area contributed by atoms with Crippen LogP contribution in [0, 0.1) is 5.92 Å². The molecule has 2 atom stereocenters. The van der Waals surface area contributed by atoms with E-state index in [-0.39, 0.29) is 12.0 Å². The molecule has 5 heteroatoms. The molecule has 98 valence electrons. The van der Waals surface area contributed by atoms with E-state index in [1.165, 1.54) is 0 Å². The van der Waals surface area contributed by atoms with Crippen LogP contribution in [-0.2, 0) is 14.3 Å². The Hall–Kier alpha value is -0.650. The second-order valence-corrected chi connectivity index (χ2v) is 5.72. The molecule has 1 saturated carbocycles.